The van der Waals surface area contributed by atoms with Gasteiger partial charge in [-0.05, 0) is 32.9 Å². The van der Waals surface area contributed by atoms with E-state index >= 15 is 0 Å². The number of hydrogen-bond donors (Lipinski definition) is 2. The van der Waals surface area contributed by atoms with Crippen molar-refractivity contribution >= 4 is 17.4 Å². The minimum atomic E-state index is -0.0352. The summed E-state index contributed by atoms with van der Waals surface area (Å²) >= 11 is 0. The van der Waals surface area contributed by atoms with E-state index in [9.17, 15) is 9.59 Å². The number of anilines is 1. The van der Waals surface area contributed by atoms with E-state index < -0.39 is 0 Å². The van der Waals surface area contributed by atoms with Crippen molar-refractivity contribution in [2.45, 2.75) is 33.0 Å². The molecule has 2 atom stereocenters. The summed E-state index contributed by atoms with van der Waals surface area (Å²) in [6.07, 6.45) is 0.357. The number of nitrogens with one attached hydrogen (secondary N) is 2. The molecule has 21 heavy (non-hydrogen) atoms. The lowest BCUT2D eigenvalue weighted by Crippen LogP contribution is -3.16. The van der Waals surface area contributed by atoms with Crippen molar-refractivity contribution < 1.29 is 19.2 Å². The summed E-state index contributed by atoms with van der Waals surface area (Å²) in [6.45, 7) is 7.67. The van der Waals surface area contributed by atoms with E-state index in [1.807, 2.05) is 13.8 Å². The van der Waals surface area contributed by atoms with Crippen LogP contribution in [0.1, 0.15) is 31.1 Å². The van der Waals surface area contributed by atoms with Crippen LogP contribution in [0.5, 0.6) is 0 Å². The molecular weight excluding hydrogens is 268 g/mol. The normalized spacial score (nSPS) is 25.4. The van der Waals surface area contributed by atoms with Gasteiger partial charge in [0.15, 0.2) is 12.3 Å². The lowest BCUT2D eigenvalue weighted by molar-refractivity contribution is -0.907. The van der Waals surface area contributed by atoms with Gasteiger partial charge in [0.25, 0.3) is 5.91 Å². The molecule has 2 rings (SSSR count). The Morgan fingerprint density at radius 2 is 1.95 bits per heavy atom. The largest absolute Gasteiger partial charge is 0.364 e. The molecule has 1 aromatic rings. The zero-order valence-corrected chi connectivity index (χ0v) is 12.8. The zero-order valence-electron chi connectivity index (χ0n) is 12.8. The Morgan fingerprint density at radius 3 is 2.57 bits per heavy atom. The first-order chi connectivity index (χ1) is 9.94. The van der Waals surface area contributed by atoms with Crippen molar-refractivity contribution in [2.75, 3.05) is 25.0 Å². The standard InChI is InChI=1S/C16H22N2O3/c1-11-8-18(9-12(2)21-11)10-16(20)17-15-6-4-5-14(7-15)13(3)19/h4-7,11-12H,8-10H2,1-3H3,(H,17,20)/p+1/t11-,12-/m0/s1. The van der Waals surface area contributed by atoms with Crippen molar-refractivity contribution in [2.24, 2.45) is 0 Å². The van der Waals surface area contributed by atoms with Crippen LogP contribution in [0.4, 0.5) is 5.69 Å². The number of carbonyl (C=O) groups is 2. The Hall–Kier alpha value is -1.72. The number of amides is 1. The van der Waals surface area contributed by atoms with Gasteiger partial charge in [-0.15, -0.1) is 0 Å². The maximum Gasteiger partial charge on any atom is 0.279 e. The molecule has 0 saturated carbocycles. The van der Waals surface area contributed by atoms with Gasteiger partial charge in [-0.2, -0.15) is 0 Å². The monoisotopic (exact) mass is 291 g/mol. The third-order valence-electron chi connectivity index (χ3n) is 3.58. The van der Waals surface area contributed by atoms with Gasteiger partial charge in [0, 0.05) is 11.3 Å². The first-order valence-electron chi connectivity index (χ1n) is 7.34. The highest BCUT2D eigenvalue weighted by Gasteiger charge is 2.27. The van der Waals surface area contributed by atoms with E-state index in [1.54, 1.807) is 24.3 Å². The van der Waals surface area contributed by atoms with Gasteiger partial charge in [0.2, 0.25) is 0 Å². The molecule has 1 saturated heterocycles. The number of rotatable bonds is 4. The average molecular weight is 291 g/mol. The summed E-state index contributed by atoms with van der Waals surface area (Å²) in [5.41, 5.74) is 1.27. The van der Waals surface area contributed by atoms with Gasteiger partial charge >= 0.3 is 0 Å². The number of hydrogen-bond acceptors (Lipinski definition) is 3. The van der Waals surface area contributed by atoms with Crippen molar-refractivity contribution in [3.63, 3.8) is 0 Å². The van der Waals surface area contributed by atoms with Gasteiger partial charge < -0.3 is 15.0 Å². The number of ether oxygens (including phenoxy) is 1. The van der Waals surface area contributed by atoms with E-state index in [0.29, 0.717) is 17.8 Å². The van der Waals surface area contributed by atoms with Crippen LogP contribution in [-0.2, 0) is 9.53 Å². The van der Waals surface area contributed by atoms with Crippen LogP contribution >= 0.6 is 0 Å². The third-order valence-corrected chi connectivity index (χ3v) is 3.58. The van der Waals surface area contributed by atoms with Crippen molar-refractivity contribution in [3.05, 3.63) is 29.8 Å². The molecule has 1 aliphatic rings. The van der Waals surface area contributed by atoms with Crippen molar-refractivity contribution in [1.29, 1.82) is 0 Å². The second-order valence-corrected chi connectivity index (χ2v) is 5.78. The highest BCUT2D eigenvalue weighted by Crippen LogP contribution is 2.10. The van der Waals surface area contributed by atoms with Gasteiger partial charge in [0.05, 0.1) is 0 Å². The molecule has 1 fully saturated rings. The molecule has 5 heteroatoms. The molecule has 0 aliphatic carbocycles. The first kappa shape index (κ1) is 15.7. The Kier molecular flexibility index (Phi) is 5.09. The van der Waals surface area contributed by atoms with Crippen LogP contribution < -0.4 is 10.2 Å². The Labute approximate surface area is 125 Å². The minimum Gasteiger partial charge on any atom is -0.364 e. The van der Waals surface area contributed by atoms with Gasteiger partial charge in [-0.25, -0.2) is 0 Å². The van der Waals surface area contributed by atoms with E-state index in [2.05, 4.69) is 5.32 Å². The summed E-state index contributed by atoms with van der Waals surface area (Å²) in [7, 11) is 0. The Morgan fingerprint density at radius 1 is 1.29 bits per heavy atom. The zero-order chi connectivity index (χ0) is 15.4. The highest BCUT2D eigenvalue weighted by atomic mass is 16.5. The van der Waals surface area contributed by atoms with E-state index in [-0.39, 0.29) is 23.9 Å². The molecule has 5 nitrogen and oxygen atoms in total. The Bertz CT molecular complexity index is 520. The van der Waals surface area contributed by atoms with Crippen LogP contribution in [0.25, 0.3) is 0 Å². The lowest BCUT2D eigenvalue weighted by Gasteiger charge is -2.31. The molecule has 1 aliphatic heterocycles. The SMILES string of the molecule is CC(=O)c1cccc(NC(=O)C[NH+]2C[C@H](C)O[C@@H](C)C2)c1. The predicted octanol–water partition coefficient (Wildman–Crippen LogP) is 0.520. The molecule has 0 spiro atoms. The summed E-state index contributed by atoms with van der Waals surface area (Å²) in [5, 5.41) is 2.86. The topological polar surface area (TPSA) is 59.8 Å². The van der Waals surface area contributed by atoms with Gasteiger partial charge in [-0.3, -0.25) is 9.59 Å². The summed E-state index contributed by atoms with van der Waals surface area (Å²) in [5.74, 6) is -0.0421. The van der Waals surface area contributed by atoms with E-state index in [1.165, 1.54) is 11.8 Å². The third kappa shape index (κ3) is 4.65. The van der Waals surface area contributed by atoms with Crippen LogP contribution in [0.15, 0.2) is 24.3 Å². The van der Waals surface area contributed by atoms with E-state index in [0.717, 1.165) is 13.1 Å². The van der Waals surface area contributed by atoms with Crippen LogP contribution in [0.3, 0.4) is 0 Å². The predicted molar refractivity (Wildman–Crippen MR) is 80.6 cm³/mol. The molecule has 1 heterocycles. The molecule has 114 valence electrons. The second-order valence-electron chi connectivity index (χ2n) is 5.78. The van der Waals surface area contributed by atoms with Crippen molar-refractivity contribution in [3.8, 4) is 0 Å². The fraction of sp³-hybridized carbons (Fsp3) is 0.500. The average Bonchev–Trinajstić information content (AvgIpc) is 2.37. The lowest BCUT2D eigenvalue weighted by atomic mass is 10.1. The summed E-state index contributed by atoms with van der Waals surface area (Å²) in [6, 6.07) is 7.02. The molecule has 1 aromatic carbocycles. The molecule has 0 unspecified atom stereocenters. The fourth-order valence-corrected chi connectivity index (χ4v) is 2.78. The maximum atomic E-state index is 12.1. The minimum absolute atomic E-state index is 0.00690. The number of Topliss-reactive ketones (excluding diaryl/α,β-unsaturated/α-hetero) is 1. The number of carbonyl (C=O) groups excluding carboxylic acids is 2. The Balaban J connectivity index is 1.92. The molecule has 0 radical (unpaired) electrons. The molecule has 0 aromatic heterocycles. The second kappa shape index (κ2) is 6.83. The summed E-state index contributed by atoms with van der Waals surface area (Å²) < 4.78 is 5.67. The van der Waals surface area contributed by atoms with Gasteiger partial charge in [-0.1, -0.05) is 12.1 Å². The van der Waals surface area contributed by atoms with E-state index in [4.69, 9.17) is 4.74 Å². The van der Waals surface area contributed by atoms with Gasteiger partial charge in [0.1, 0.15) is 25.3 Å². The molecule has 1 amide bonds. The number of quaternary nitrogens is 1. The van der Waals surface area contributed by atoms with Crippen LogP contribution in [0, 0.1) is 0 Å². The number of benzene rings is 1. The number of morpholine rings is 1. The highest BCUT2D eigenvalue weighted by molar-refractivity contribution is 5.97. The smallest absolute Gasteiger partial charge is 0.279 e. The summed E-state index contributed by atoms with van der Waals surface area (Å²) in [4.78, 5) is 24.7. The molecule has 2 N–H and O–H groups in total. The fourth-order valence-electron chi connectivity index (χ4n) is 2.78. The maximum absolute atomic E-state index is 12.1. The van der Waals surface area contributed by atoms with Crippen LogP contribution in [-0.4, -0.2) is 43.5 Å². The quantitative estimate of drug-likeness (QED) is 0.795. The first-order valence-corrected chi connectivity index (χ1v) is 7.34. The van der Waals surface area contributed by atoms with Crippen molar-refractivity contribution in [1.82, 2.24) is 0 Å². The van der Waals surface area contributed by atoms with Crippen LogP contribution in [0.2, 0.25) is 0 Å². The molecule has 0 bridgehead atoms. The number of ketones is 1. The molecular formula is C16H23N2O3+.